The lowest BCUT2D eigenvalue weighted by Gasteiger charge is -2.71. The van der Waals surface area contributed by atoms with Gasteiger partial charge in [0.25, 0.3) is 0 Å². The number of hydrogen-bond acceptors (Lipinski definition) is 11. The molecule has 1 aromatic rings. The Morgan fingerprint density at radius 3 is 2.31 bits per heavy atom. The minimum absolute atomic E-state index is 0.0497. The Labute approximate surface area is 301 Å². The minimum Gasteiger partial charge on any atom is -0.497 e. The van der Waals surface area contributed by atoms with Gasteiger partial charge in [-0.1, -0.05) is 38.1 Å². The van der Waals surface area contributed by atoms with Gasteiger partial charge in [-0.2, -0.15) is 0 Å². The standard InChI is InChI=1S/C40H54O11/c1-23-20-33(49-26(4)42)38(8)32(40(23,45)18-15-29-12-10-13-30(21-29)46-9)16-17-37(7)31-14-11-19-47-22-39(31,24(2)48-25(3)41)36(51-28(6)44)34(35(37)38)50-27(5)43/h10-14,20-21,24,31-36,45H,15-19,22H2,1-9H3/t24-,31?,32?,33-,34+,35?,36+,37+,38-,39-,40?/m1/s1. The molecule has 0 saturated heterocycles. The number of carbonyl (C=O) groups is 4. The molecule has 11 heteroatoms. The number of methoxy groups -OCH3 is 1. The normalized spacial score (nSPS) is 37.6. The lowest BCUT2D eigenvalue weighted by Crippen LogP contribution is -2.76. The third-order valence-electron chi connectivity index (χ3n) is 12.6. The summed E-state index contributed by atoms with van der Waals surface area (Å²) in [7, 11) is 1.62. The molecule has 11 nitrogen and oxygen atoms in total. The van der Waals surface area contributed by atoms with Crippen LogP contribution in [-0.2, 0) is 49.3 Å². The molecule has 1 aromatic carbocycles. The molecule has 0 amide bonds. The number of carbonyl (C=O) groups excluding carboxylic acids is 4. The number of allylic oxidation sites excluding steroid dienone is 1. The summed E-state index contributed by atoms with van der Waals surface area (Å²) >= 11 is 0. The molecule has 0 aromatic heterocycles. The van der Waals surface area contributed by atoms with E-state index in [0.29, 0.717) is 31.3 Å². The highest BCUT2D eigenvalue weighted by molar-refractivity contribution is 5.68. The maximum absolute atomic E-state index is 13.2. The molecule has 3 aliphatic carbocycles. The molecule has 2 saturated carbocycles. The number of benzene rings is 1. The van der Waals surface area contributed by atoms with E-state index in [-0.39, 0.29) is 13.2 Å². The smallest absolute Gasteiger partial charge is 0.303 e. The number of hydrogen-bond donors (Lipinski definition) is 1. The van der Waals surface area contributed by atoms with Crippen LogP contribution < -0.4 is 4.74 Å². The number of rotatable bonds is 9. The predicted octanol–water partition coefficient (Wildman–Crippen LogP) is 5.31. The van der Waals surface area contributed by atoms with Crippen molar-refractivity contribution in [3.05, 3.63) is 53.6 Å². The van der Waals surface area contributed by atoms with Gasteiger partial charge in [-0.25, -0.2) is 0 Å². The van der Waals surface area contributed by atoms with Crippen molar-refractivity contribution in [2.24, 2.45) is 34.0 Å². The predicted molar refractivity (Wildman–Crippen MR) is 186 cm³/mol. The SMILES string of the molecule is COc1cccc(CCC2(O)C(C)=C[C@@H](OC(C)=O)[C@@]3(C)C2CC[C@]2(C)C3[C@H](OC(C)=O)[C@H](OC(C)=O)[C@@]3([C@@H](C)OC(C)=O)COCC=CC23)c1. The maximum atomic E-state index is 13.2. The van der Waals surface area contributed by atoms with E-state index >= 15 is 0 Å². The third kappa shape index (κ3) is 6.60. The van der Waals surface area contributed by atoms with Gasteiger partial charge in [-0.05, 0) is 80.2 Å². The van der Waals surface area contributed by atoms with Crippen LogP contribution in [0.25, 0.3) is 0 Å². The summed E-state index contributed by atoms with van der Waals surface area (Å²) < 4.78 is 36.3. The number of ether oxygens (including phenoxy) is 6. The lowest BCUT2D eigenvalue weighted by molar-refractivity contribution is -0.304. The Kier molecular flexibility index (Phi) is 10.9. The molecule has 1 N–H and O–H groups in total. The Morgan fingerprint density at radius 1 is 1.00 bits per heavy atom. The fourth-order valence-electron chi connectivity index (χ4n) is 10.7. The first-order chi connectivity index (χ1) is 23.9. The van der Waals surface area contributed by atoms with Crippen LogP contribution in [-0.4, -0.2) is 79.3 Å². The van der Waals surface area contributed by atoms with Gasteiger partial charge in [0, 0.05) is 44.9 Å². The van der Waals surface area contributed by atoms with Gasteiger partial charge in [0.15, 0.2) is 6.10 Å². The van der Waals surface area contributed by atoms with Crippen molar-refractivity contribution in [3.8, 4) is 5.75 Å². The molecule has 51 heavy (non-hydrogen) atoms. The molecule has 1 aliphatic heterocycles. The zero-order chi connectivity index (χ0) is 37.5. The van der Waals surface area contributed by atoms with E-state index in [0.717, 1.165) is 11.3 Å². The van der Waals surface area contributed by atoms with Crippen molar-refractivity contribution in [2.75, 3.05) is 20.3 Å². The zero-order valence-corrected chi connectivity index (χ0v) is 31.4. The van der Waals surface area contributed by atoms with Crippen molar-refractivity contribution >= 4 is 23.9 Å². The van der Waals surface area contributed by atoms with Crippen LogP contribution >= 0.6 is 0 Å². The van der Waals surface area contributed by atoms with Gasteiger partial charge in [0.05, 0.1) is 31.3 Å². The average Bonchev–Trinajstić information content (AvgIpc) is 3.28. The summed E-state index contributed by atoms with van der Waals surface area (Å²) in [5.41, 5.74) is -2.59. The van der Waals surface area contributed by atoms with E-state index in [2.05, 4.69) is 13.0 Å². The molecule has 4 aliphatic rings. The molecule has 2 fully saturated rings. The van der Waals surface area contributed by atoms with E-state index in [9.17, 15) is 24.3 Å². The number of esters is 4. The van der Waals surface area contributed by atoms with Crippen LogP contribution in [0.1, 0.15) is 80.2 Å². The van der Waals surface area contributed by atoms with Crippen molar-refractivity contribution in [2.45, 2.75) is 111 Å². The molecule has 0 bridgehead atoms. The fraction of sp³-hybridized carbons (Fsp3) is 0.650. The van der Waals surface area contributed by atoms with Crippen LogP contribution in [0.3, 0.4) is 0 Å². The van der Waals surface area contributed by atoms with Crippen LogP contribution in [0.4, 0.5) is 0 Å². The first kappa shape index (κ1) is 38.5. The van der Waals surface area contributed by atoms with Gasteiger partial charge in [-0.15, -0.1) is 0 Å². The van der Waals surface area contributed by atoms with Crippen molar-refractivity contribution < 1.29 is 52.7 Å². The summed E-state index contributed by atoms with van der Waals surface area (Å²) in [5.74, 6) is -3.00. The number of aryl methyl sites for hydroxylation is 1. The van der Waals surface area contributed by atoms with Crippen molar-refractivity contribution in [3.63, 3.8) is 0 Å². The highest BCUT2D eigenvalue weighted by atomic mass is 16.6. The quantitative estimate of drug-likeness (QED) is 0.202. The second-order valence-corrected chi connectivity index (χ2v) is 15.5. The molecule has 11 atom stereocenters. The molecule has 1 heterocycles. The topological polar surface area (TPSA) is 144 Å². The van der Waals surface area contributed by atoms with E-state index in [1.807, 2.05) is 50.3 Å². The minimum atomic E-state index is -1.34. The molecular weight excluding hydrogens is 656 g/mol. The van der Waals surface area contributed by atoms with Gasteiger partial charge in [0.1, 0.15) is 24.1 Å². The van der Waals surface area contributed by atoms with E-state index in [4.69, 9.17) is 28.4 Å². The molecule has 0 radical (unpaired) electrons. The zero-order valence-electron chi connectivity index (χ0n) is 31.4. The van der Waals surface area contributed by atoms with Crippen LogP contribution in [0.5, 0.6) is 5.75 Å². The third-order valence-corrected chi connectivity index (χ3v) is 12.6. The largest absolute Gasteiger partial charge is 0.497 e. The average molecular weight is 711 g/mol. The van der Waals surface area contributed by atoms with Crippen molar-refractivity contribution in [1.82, 2.24) is 0 Å². The maximum Gasteiger partial charge on any atom is 0.303 e. The summed E-state index contributed by atoms with van der Waals surface area (Å²) in [6.07, 6.45) is 3.97. The Hall–Kier alpha value is -3.70. The molecular formula is C40H54O11. The van der Waals surface area contributed by atoms with Gasteiger partial charge >= 0.3 is 23.9 Å². The highest BCUT2D eigenvalue weighted by Gasteiger charge is 2.76. The fourth-order valence-corrected chi connectivity index (χ4v) is 10.7. The summed E-state index contributed by atoms with van der Waals surface area (Å²) in [6, 6.07) is 7.75. The van der Waals surface area contributed by atoms with Crippen LogP contribution in [0.15, 0.2) is 48.1 Å². The van der Waals surface area contributed by atoms with E-state index in [1.54, 1.807) is 14.0 Å². The summed E-state index contributed by atoms with van der Waals surface area (Å²) in [4.78, 5) is 51.6. The molecule has 4 unspecified atom stereocenters. The van der Waals surface area contributed by atoms with Crippen molar-refractivity contribution in [1.29, 1.82) is 0 Å². The van der Waals surface area contributed by atoms with E-state index in [1.165, 1.54) is 27.7 Å². The van der Waals surface area contributed by atoms with Gasteiger partial charge in [-0.3, -0.25) is 19.2 Å². The second-order valence-electron chi connectivity index (χ2n) is 15.5. The van der Waals surface area contributed by atoms with Gasteiger partial charge in [0.2, 0.25) is 0 Å². The van der Waals surface area contributed by atoms with Gasteiger partial charge < -0.3 is 33.5 Å². The first-order valence-corrected chi connectivity index (χ1v) is 17.9. The summed E-state index contributed by atoms with van der Waals surface area (Å²) in [5, 5.41) is 13.0. The van der Waals surface area contributed by atoms with E-state index < -0.39 is 87.9 Å². The summed E-state index contributed by atoms with van der Waals surface area (Å²) in [6.45, 7) is 13.4. The number of aliphatic hydroxyl groups is 1. The van der Waals surface area contributed by atoms with Crippen LogP contribution in [0.2, 0.25) is 0 Å². The highest BCUT2D eigenvalue weighted by Crippen LogP contribution is 2.72. The lowest BCUT2D eigenvalue weighted by atomic mass is 9.35. The Bertz CT molecular complexity index is 1580. The monoisotopic (exact) mass is 710 g/mol. The molecule has 5 rings (SSSR count). The first-order valence-electron chi connectivity index (χ1n) is 17.9. The Morgan fingerprint density at radius 2 is 1.69 bits per heavy atom. The number of fused-ring (bicyclic) bond motifs is 5. The molecule has 0 spiro atoms. The Balaban J connectivity index is 1.75. The molecule has 280 valence electrons. The van der Waals surface area contributed by atoms with Crippen LogP contribution in [0, 0.1) is 34.0 Å². The second kappa shape index (κ2) is 14.4.